The van der Waals surface area contributed by atoms with Crippen molar-refractivity contribution in [2.24, 2.45) is 5.92 Å². The molecule has 1 aliphatic heterocycles. The predicted molar refractivity (Wildman–Crippen MR) is 96.7 cm³/mol. The molecule has 0 spiro atoms. The Morgan fingerprint density at radius 2 is 2.08 bits per heavy atom. The number of imidazole rings is 1. The maximum atomic E-state index is 12.9. The third-order valence-electron chi connectivity index (χ3n) is 5.43. The zero-order chi connectivity index (χ0) is 17.5. The lowest BCUT2D eigenvalue weighted by atomic mass is 9.88. The van der Waals surface area contributed by atoms with Gasteiger partial charge in [0.05, 0.1) is 12.2 Å². The normalized spacial score (nSPS) is 19.4. The van der Waals surface area contributed by atoms with Crippen LogP contribution in [0.25, 0.3) is 0 Å². The number of furan rings is 1. The number of aromatic nitrogens is 2. The molecule has 0 radical (unpaired) electrons. The monoisotopic (exact) mass is 347 g/mol. The second kappa shape index (κ2) is 6.16. The van der Waals surface area contributed by atoms with Gasteiger partial charge in [-0.25, -0.2) is 4.98 Å². The highest BCUT2D eigenvalue weighted by molar-refractivity contribution is 5.91. The second-order valence-corrected chi connectivity index (χ2v) is 7.30. The van der Waals surface area contributed by atoms with E-state index in [0.29, 0.717) is 18.8 Å². The largest absolute Gasteiger partial charge is 0.459 e. The number of carbonyl (C=O) groups excluding carboxylic acids is 1. The predicted octanol–water partition coefficient (Wildman–Crippen LogP) is 3.67. The standard InChI is InChI=1S/C21H21N3O2/c25-21(19-6-3-11-26-19)24-13-16-4-1-2-5-17(16)18(14-24)20-22-9-10-23(20)12-15-7-8-15/h1-6,9-11,15,18H,7-8,12-14H2/t18-/m1/s1. The van der Waals surface area contributed by atoms with Crippen molar-refractivity contribution in [1.82, 2.24) is 14.5 Å². The number of hydrogen-bond donors (Lipinski definition) is 0. The van der Waals surface area contributed by atoms with E-state index in [2.05, 4.69) is 33.9 Å². The van der Waals surface area contributed by atoms with Crippen LogP contribution in [0, 0.1) is 5.92 Å². The molecule has 5 rings (SSSR count). The van der Waals surface area contributed by atoms with E-state index in [-0.39, 0.29) is 11.8 Å². The second-order valence-electron chi connectivity index (χ2n) is 7.30. The summed E-state index contributed by atoms with van der Waals surface area (Å²) in [5.41, 5.74) is 2.46. The molecule has 26 heavy (non-hydrogen) atoms. The number of nitrogens with zero attached hydrogens (tertiary/aromatic N) is 3. The lowest BCUT2D eigenvalue weighted by molar-refractivity contribution is 0.0690. The highest BCUT2D eigenvalue weighted by Gasteiger charge is 2.33. The Morgan fingerprint density at radius 1 is 1.19 bits per heavy atom. The smallest absolute Gasteiger partial charge is 0.289 e. The topological polar surface area (TPSA) is 51.3 Å². The third-order valence-corrected chi connectivity index (χ3v) is 5.43. The summed E-state index contributed by atoms with van der Waals surface area (Å²) < 4.78 is 7.61. The first-order valence-electron chi connectivity index (χ1n) is 9.21. The van der Waals surface area contributed by atoms with E-state index in [1.54, 1.807) is 18.4 Å². The van der Waals surface area contributed by atoms with Crippen LogP contribution in [0.3, 0.4) is 0 Å². The maximum absolute atomic E-state index is 12.9. The first-order chi connectivity index (χ1) is 12.8. The van der Waals surface area contributed by atoms with Gasteiger partial charge in [-0.1, -0.05) is 24.3 Å². The minimum atomic E-state index is -0.0604. The van der Waals surface area contributed by atoms with Crippen molar-refractivity contribution in [3.8, 4) is 0 Å². The van der Waals surface area contributed by atoms with Crippen molar-refractivity contribution in [2.75, 3.05) is 6.54 Å². The molecule has 1 fully saturated rings. The van der Waals surface area contributed by atoms with E-state index >= 15 is 0 Å². The molecule has 1 amide bonds. The lowest BCUT2D eigenvalue weighted by Crippen LogP contribution is -2.39. The first-order valence-corrected chi connectivity index (χ1v) is 9.21. The lowest BCUT2D eigenvalue weighted by Gasteiger charge is -2.34. The van der Waals surface area contributed by atoms with Gasteiger partial charge in [0.25, 0.3) is 5.91 Å². The molecule has 5 heteroatoms. The fourth-order valence-corrected chi connectivity index (χ4v) is 3.90. The summed E-state index contributed by atoms with van der Waals surface area (Å²) >= 11 is 0. The Kier molecular flexibility index (Phi) is 3.66. The first kappa shape index (κ1) is 15.4. The molecule has 132 valence electrons. The van der Waals surface area contributed by atoms with Gasteiger partial charge in [0.2, 0.25) is 0 Å². The van der Waals surface area contributed by atoms with Crippen LogP contribution in [-0.4, -0.2) is 26.9 Å². The zero-order valence-electron chi connectivity index (χ0n) is 14.5. The molecule has 1 saturated carbocycles. The van der Waals surface area contributed by atoms with Crippen LogP contribution in [0.1, 0.15) is 46.3 Å². The molecule has 2 aliphatic rings. The quantitative estimate of drug-likeness (QED) is 0.723. The van der Waals surface area contributed by atoms with Crippen LogP contribution < -0.4 is 0 Å². The summed E-state index contributed by atoms with van der Waals surface area (Å²) in [7, 11) is 0. The van der Waals surface area contributed by atoms with Crippen molar-refractivity contribution in [2.45, 2.75) is 31.8 Å². The highest BCUT2D eigenvalue weighted by atomic mass is 16.3. The van der Waals surface area contributed by atoms with Gasteiger partial charge in [-0.3, -0.25) is 4.79 Å². The minimum absolute atomic E-state index is 0.0604. The number of rotatable bonds is 4. The SMILES string of the molecule is O=C(c1ccco1)N1Cc2ccccc2[C@H](c2nccn2CC2CC2)C1. The van der Waals surface area contributed by atoms with Gasteiger partial charge in [0.1, 0.15) is 5.82 Å². The number of carbonyl (C=O) groups is 1. The van der Waals surface area contributed by atoms with Crippen molar-refractivity contribution in [3.05, 3.63) is 77.8 Å². The molecule has 1 atom stereocenters. The summed E-state index contributed by atoms with van der Waals surface area (Å²) in [6.45, 7) is 2.26. The summed E-state index contributed by atoms with van der Waals surface area (Å²) in [5.74, 6) is 2.26. The Bertz CT molecular complexity index is 924. The molecule has 0 unspecified atom stereocenters. The third kappa shape index (κ3) is 2.73. The van der Waals surface area contributed by atoms with Crippen molar-refractivity contribution in [3.63, 3.8) is 0 Å². The van der Waals surface area contributed by atoms with Crippen LogP contribution >= 0.6 is 0 Å². The van der Waals surface area contributed by atoms with E-state index < -0.39 is 0 Å². The van der Waals surface area contributed by atoms with Crippen LogP contribution in [-0.2, 0) is 13.1 Å². The van der Waals surface area contributed by atoms with Gasteiger partial charge < -0.3 is 13.9 Å². The fraction of sp³-hybridized carbons (Fsp3) is 0.333. The summed E-state index contributed by atoms with van der Waals surface area (Å²) in [6.07, 6.45) is 8.12. The van der Waals surface area contributed by atoms with E-state index in [9.17, 15) is 4.79 Å². The van der Waals surface area contributed by atoms with Crippen molar-refractivity contribution < 1.29 is 9.21 Å². The van der Waals surface area contributed by atoms with E-state index in [1.165, 1.54) is 24.0 Å². The molecule has 3 aromatic rings. The molecular formula is C21H21N3O2. The van der Waals surface area contributed by atoms with Gasteiger partial charge in [-0.05, 0) is 42.0 Å². The maximum Gasteiger partial charge on any atom is 0.289 e. The summed E-state index contributed by atoms with van der Waals surface area (Å²) in [5, 5.41) is 0. The van der Waals surface area contributed by atoms with Gasteiger partial charge in [-0.15, -0.1) is 0 Å². The van der Waals surface area contributed by atoms with E-state index in [1.807, 2.05) is 17.2 Å². The molecule has 0 N–H and O–H groups in total. The van der Waals surface area contributed by atoms with Crippen molar-refractivity contribution >= 4 is 5.91 Å². The molecular weight excluding hydrogens is 326 g/mol. The van der Waals surface area contributed by atoms with Gasteiger partial charge in [0, 0.05) is 32.0 Å². The molecule has 2 aromatic heterocycles. The minimum Gasteiger partial charge on any atom is -0.459 e. The van der Waals surface area contributed by atoms with Crippen LogP contribution in [0.15, 0.2) is 59.5 Å². The average molecular weight is 347 g/mol. The highest BCUT2D eigenvalue weighted by Crippen LogP contribution is 2.36. The fourth-order valence-electron chi connectivity index (χ4n) is 3.90. The van der Waals surface area contributed by atoms with E-state index in [4.69, 9.17) is 4.42 Å². The van der Waals surface area contributed by atoms with Gasteiger partial charge >= 0.3 is 0 Å². The molecule has 0 saturated heterocycles. The molecule has 0 bridgehead atoms. The molecule has 3 heterocycles. The summed E-state index contributed by atoms with van der Waals surface area (Å²) in [4.78, 5) is 19.4. The molecule has 1 aromatic carbocycles. The number of fused-ring (bicyclic) bond motifs is 1. The Labute approximate surface area is 152 Å². The number of hydrogen-bond acceptors (Lipinski definition) is 3. The van der Waals surface area contributed by atoms with Gasteiger partial charge in [-0.2, -0.15) is 0 Å². The Hall–Kier alpha value is -2.82. The Balaban J connectivity index is 1.51. The number of amides is 1. The molecule has 5 nitrogen and oxygen atoms in total. The van der Waals surface area contributed by atoms with Crippen LogP contribution in [0.5, 0.6) is 0 Å². The Morgan fingerprint density at radius 3 is 2.88 bits per heavy atom. The van der Waals surface area contributed by atoms with Gasteiger partial charge in [0.15, 0.2) is 5.76 Å². The van der Waals surface area contributed by atoms with E-state index in [0.717, 1.165) is 18.3 Å². The summed E-state index contributed by atoms with van der Waals surface area (Å²) in [6, 6.07) is 11.9. The zero-order valence-corrected chi connectivity index (χ0v) is 14.5. The number of benzene rings is 1. The van der Waals surface area contributed by atoms with Crippen molar-refractivity contribution in [1.29, 1.82) is 0 Å². The van der Waals surface area contributed by atoms with Crippen LogP contribution in [0.2, 0.25) is 0 Å². The average Bonchev–Trinajstić information content (AvgIpc) is 3.12. The molecule has 1 aliphatic carbocycles. The van der Waals surface area contributed by atoms with Crippen LogP contribution in [0.4, 0.5) is 0 Å².